The van der Waals surface area contributed by atoms with E-state index in [1.807, 2.05) is 28.8 Å². The molecule has 2 heterocycles. The van der Waals surface area contributed by atoms with Gasteiger partial charge in [0.05, 0.1) is 12.3 Å². The minimum absolute atomic E-state index is 0.0183. The van der Waals surface area contributed by atoms with Gasteiger partial charge in [0.15, 0.2) is 5.82 Å². The highest BCUT2D eigenvalue weighted by molar-refractivity contribution is 5.55. The molecule has 2 aromatic heterocycles. The van der Waals surface area contributed by atoms with E-state index >= 15 is 0 Å². The maximum Gasteiger partial charge on any atom is 0.153 e. The quantitative estimate of drug-likeness (QED) is 0.852. The molecule has 4 heteroatoms. The van der Waals surface area contributed by atoms with E-state index in [4.69, 9.17) is 0 Å². The predicted octanol–water partition coefficient (Wildman–Crippen LogP) is 2.45. The van der Waals surface area contributed by atoms with Crippen molar-refractivity contribution in [3.05, 3.63) is 30.1 Å². The number of aromatic nitrogens is 2. The van der Waals surface area contributed by atoms with Gasteiger partial charge >= 0.3 is 0 Å². The summed E-state index contributed by atoms with van der Waals surface area (Å²) in [6, 6.07) is 5.90. The van der Waals surface area contributed by atoms with Crippen molar-refractivity contribution in [1.29, 1.82) is 0 Å². The van der Waals surface area contributed by atoms with Crippen LogP contribution in [0.2, 0.25) is 0 Å². The van der Waals surface area contributed by atoms with Crippen LogP contribution in [0.5, 0.6) is 0 Å². The lowest BCUT2D eigenvalue weighted by atomic mass is 10.3. The molecule has 1 N–H and O–H groups in total. The van der Waals surface area contributed by atoms with E-state index < -0.39 is 0 Å². The van der Waals surface area contributed by atoms with Gasteiger partial charge in [0, 0.05) is 19.3 Å². The van der Waals surface area contributed by atoms with Gasteiger partial charge < -0.3 is 10.0 Å². The van der Waals surface area contributed by atoms with Gasteiger partial charge in [-0.1, -0.05) is 19.9 Å². The number of anilines is 1. The zero-order valence-corrected chi connectivity index (χ0v) is 11.1. The number of pyridine rings is 1. The number of aliphatic hydroxyl groups excluding tert-OH is 1. The van der Waals surface area contributed by atoms with Gasteiger partial charge in [0.25, 0.3) is 0 Å². The number of rotatable bonds is 6. The molecule has 0 unspecified atom stereocenters. The van der Waals surface area contributed by atoms with Crippen molar-refractivity contribution in [2.75, 3.05) is 18.0 Å². The molecule has 18 heavy (non-hydrogen) atoms. The first-order valence-electron chi connectivity index (χ1n) is 6.63. The second kappa shape index (κ2) is 5.87. The van der Waals surface area contributed by atoms with Crippen LogP contribution in [-0.2, 0) is 6.61 Å². The van der Waals surface area contributed by atoms with Crippen molar-refractivity contribution < 1.29 is 5.11 Å². The number of hydrogen-bond donors (Lipinski definition) is 1. The van der Waals surface area contributed by atoms with Gasteiger partial charge in [-0.25, -0.2) is 4.98 Å². The van der Waals surface area contributed by atoms with Gasteiger partial charge in [-0.3, -0.25) is 4.40 Å². The van der Waals surface area contributed by atoms with Gasteiger partial charge in [0.2, 0.25) is 0 Å². The Balaban J connectivity index is 2.47. The Morgan fingerprint density at radius 3 is 2.56 bits per heavy atom. The Kier molecular flexibility index (Phi) is 4.20. The molecule has 0 fully saturated rings. The molecule has 0 aliphatic heterocycles. The van der Waals surface area contributed by atoms with Gasteiger partial charge in [-0.05, 0) is 25.0 Å². The summed E-state index contributed by atoms with van der Waals surface area (Å²) in [7, 11) is 0. The predicted molar refractivity (Wildman–Crippen MR) is 73.9 cm³/mol. The van der Waals surface area contributed by atoms with E-state index in [-0.39, 0.29) is 6.61 Å². The summed E-state index contributed by atoms with van der Waals surface area (Å²) in [4.78, 5) is 6.91. The molecule has 0 radical (unpaired) electrons. The summed E-state index contributed by atoms with van der Waals surface area (Å²) in [5.41, 5.74) is 1.78. The highest BCUT2D eigenvalue weighted by Crippen LogP contribution is 2.22. The Hall–Kier alpha value is -1.55. The molecule has 4 nitrogen and oxygen atoms in total. The molecule has 2 aromatic rings. The van der Waals surface area contributed by atoms with Gasteiger partial charge in [-0.15, -0.1) is 0 Å². The third kappa shape index (κ3) is 2.34. The van der Waals surface area contributed by atoms with Crippen LogP contribution < -0.4 is 4.90 Å². The number of hydrogen-bond acceptors (Lipinski definition) is 3. The molecule has 98 valence electrons. The molecule has 0 aliphatic carbocycles. The summed E-state index contributed by atoms with van der Waals surface area (Å²) >= 11 is 0. The van der Waals surface area contributed by atoms with E-state index in [2.05, 4.69) is 23.7 Å². The number of imidazole rings is 1. The van der Waals surface area contributed by atoms with Crippen molar-refractivity contribution in [2.24, 2.45) is 0 Å². The topological polar surface area (TPSA) is 40.8 Å². The third-order valence-corrected chi connectivity index (χ3v) is 3.04. The first-order chi connectivity index (χ1) is 8.81. The Bertz CT molecular complexity index is 501. The van der Waals surface area contributed by atoms with Crippen LogP contribution in [0.15, 0.2) is 24.4 Å². The normalized spacial score (nSPS) is 11.1. The van der Waals surface area contributed by atoms with E-state index in [1.165, 1.54) is 0 Å². The summed E-state index contributed by atoms with van der Waals surface area (Å²) in [5, 5.41) is 9.60. The lowest BCUT2D eigenvalue weighted by Crippen LogP contribution is -2.26. The standard InChI is InChI=1S/C14H21N3O/c1-3-8-16(9-4-2)14-12(11-18)17-10-6-5-7-13(17)15-14/h5-7,10,18H,3-4,8-9,11H2,1-2H3. The molecule has 0 aromatic carbocycles. The van der Waals surface area contributed by atoms with Crippen LogP contribution >= 0.6 is 0 Å². The van der Waals surface area contributed by atoms with E-state index in [1.54, 1.807) is 0 Å². The van der Waals surface area contributed by atoms with Crippen LogP contribution in [0.4, 0.5) is 5.82 Å². The molecule has 0 atom stereocenters. The second-order valence-electron chi connectivity index (χ2n) is 4.46. The SMILES string of the molecule is CCCN(CCC)c1nc2ccccn2c1CO. The smallest absolute Gasteiger partial charge is 0.153 e. The largest absolute Gasteiger partial charge is 0.390 e. The van der Waals surface area contributed by atoms with Crippen molar-refractivity contribution in [3.8, 4) is 0 Å². The molecular weight excluding hydrogens is 226 g/mol. The van der Waals surface area contributed by atoms with Crippen LogP contribution in [0.3, 0.4) is 0 Å². The fourth-order valence-electron chi connectivity index (χ4n) is 2.30. The lowest BCUT2D eigenvalue weighted by Gasteiger charge is -2.22. The molecule has 0 saturated carbocycles. The molecule has 0 bridgehead atoms. The maximum atomic E-state index is 9.60. The van der Waals surface area contributed by atoms with Crippen LogP contribution in [0.1, 0.15) is 32.4 Å². The number of fused-ring (bicyclic) bond motifs is 1. The van der Waals surface area contributed by atoms with E-state index in [0.29, 0.717) is 0 Å². The molecule has 0 spiro atoms. The fourth-order valence-corrected chi connectivity index (χ4v) is 2.30. The first kappa shape index (κ1) is 12.9. The zero-order chi connectivity index (χ0) is 13.0. The molecule has 0 saturated heterocycles. The molecular formula is C14H21N3O. The minimum atomic E-state index is 0.0183. The molecule has 2 rings (SSSR count). The van der Waals surface area contributed by atoms with Crippen LogP contribution in [0, 0.1) is 0 Å². The fraction of sp³-hybridized carbons (Fsp3) is 0.500. The maximum absolute atomic E-state index is 9.60. The average molecular weight is 247 g/mol. The van der Waals surface area contributed by atoms with Crippen molar-refractivity contribution in [1.82, 2.24) is 9.38 Å². The first-order valence-corrected chi connectivity index (χ1v) is 6.63. The van der Waals surface area contributed by atoms with Crippen molar-refractivity contribution in [2.45, 2.75) is 33.3 Å². The van der Waals surface area contributed by atoms with Gasteiger partial charge in [-0.2, -0.15) is 0 Å². The summed E-state index contributed by atoms with van der Waals surface area (Å²) in [5.74, 6) is 0.924. The van der Waals surface area contributed by atoms with E-state index in [9.17, 15) is 5.11 Å². The Morgan fingerprint density at radius 1 is 1.22 bits per heavy atom. The summed E-state index contributed by atoms with van der Waals surface area (Å²) in [6.45, 7) is 6.30. The van der Waals surface area contributed by atoms with Crippen molar-refractivity contribution >= 4 is 11.5 Å². The highest BCUT2D eigenvalue weighted by Gasteiger charge is 2.16. The van der Waals surface area contributed by atoms with Gasteiger partial charge in [0.1, 0.15) is 5.65 Å². The molecule has 0 amide bonds. The minimum Gasteiger partial charge on any atom is -0.390 e. The average Bonchev–Trinajstić information content (AvgIpc) is 2.76. The van der Waals surface area contributed by atoms with Crippen LogP contribution in [0.25, 0.3) is 5.65 Å². The monoisotopic (exact) mass is 247 g/mol. The summed E-state index contributed by atoms with van der Waals surface area (Å²) in [6.07, 6.45) is 4.12. The van der Waals surface area contributed by atoms with E-state index in [0.717, 1.165) is 43.1 Å². The Labute approximate surface area is 108 Å². The van der Waals surface area contributed by atoms with Crippen molar-refractivity contribution in [3.63, 3.8) is 0 Å². The molecule has 0 aliphatic rings. The zero-order valence-electron chi connectivity index (χ0n) is 11.1. The third-order valence-electron chi connectivity index (χ3n) is 3.04. The summed E-state index contributed by atoms with van der Waals surface area (Å²) < 4.78 is 1.97. The number of nitrogens with zero attached hydrogens (tertiary/aromatic N) is 3. The van der Waals surface area contributed by atoms with Crippen LogP contribution in [-0.4, -0.2) is 27.6 Å². The lowest BCUT2D eigenvalue weighted by molar-refractivity contribution is 0.276. The second-order valence-corrected chi connectivity index (χ2v) is 4.46. The highest BCUT2D eigenvalue weighted by atomic mass is 16.3. The Morgan fingerprint density at radius 2 is 1.94 bits per heavy atom. The number of aliphatic hydroxyl groups is 1.